The number of amides is 1. The fourth-order valence-electron chi connectivity index (χ4n) is 3.46. The van der Waals surface area contributed by atoms with Crippen molar-refractivity contribution < 1.29 is 4.79 Å². The normalized spacial score (nSPS) is 30.5. The lowest BCUT2D eigenvalue weighted by molar-refractivity contribution is -0.121. The first-order chi connectivity index (χ1) is 8.31. The molecule has 2 heteroatoms. The Bertz CT molecular complexity index is 401. The minimum absolute atomic E-state index is 0.189. The zero-order valence-electron chi connectivity index (χ0n) is 10.1. The number of rotatable bonds is 3. The standard InChI is InChI=1S/C15H19NO/c17-15(10-11-4-2-1-3-5-11)16-14-9-12-6-7-13(14)8-12/h1-5,12-14H,6-10H2,(H,16,17)/t12-,13-,14+/m0/s1. The van der Waals surface area contributed by atoms with E-state index < -0.39 is 0 Å². The highest BCUT2D eigenvalue weighted by molar-refractivity contribution is 5.78. The molecule has 2 aliphatic carbocycles. The maximum atomic E-state index is 11.9. The molecule has 0 spiro atoms. The predicted molar refractivity (Wildman–Crippen MR) is 67.5 cm³/mol. The molecule has 1 aromatic rings. The Balaban J connectivity index is 1.54. The Labute approximate surface area is 102 Å². The van der Waals surface area contributed by atoms with Crippen molar-refractivity contribution in [3.8, 4) is 0 Å². The van der Waals surface area contributed by atoms with Crippen molar-refractivity contribution in [2.24, 2.45) is 11.8 Å². The van der Waals surface area contributed by atoms with E-state index in [9.17, 15) is 4.79 Å². The molecule has 2 bridgehead atoms. The van der Waals surface area contributed by atoms with Crippen LogP contribution in [0, 0.1) is 11.8 Å². The zero-order valence-corrected chi connectivity index (χ0v) is 10.1. The number of hydrogen-bond acceptors (Lipinski definition) is 1. The van der Waals surface area contributed by atoms with E-state index in [0.29, 0.717) is 12.5 Å². The Hall–Kier alpha value is -1.31. The van der Waals surface area contributed by atoms with Crippen LogP contribution in [0.5, 0.6) is 0 Å². The number of hydrogen-bond donors (Lipinski definition) is 1. The van der Waals surface area contributed by atoms with Crippen LogP contribution in [-0.4, -0.2) is 11.9 Å². The summed E-state index contributed by atoms with van der Waals surface area (Å²) in [6.45, 7) is 0. The second kappa shape index (κ2) is 4.52. The summed E-state index contributed by atoms with van der Waals surface area (Å²) in [5.41, 5.74) is 1.10. The fourth-order valence-corrected chi connectivity index (χ4v) is 3.46. The maximum Gasteiger partial charge on any atom is 0.224 e. The number of carbonyl (C=O) groups excluding carboxylic acids is 1. The first-order valence-corrected chi connectivity index (χ1v) is 6.64. The number of fused-ring (bicyclic) bond motifs is 2. The van der Waals surface area contributed by atoms with E-state index in [2.05, 4.69) is 5.32 Å². The quantitative estimate of drug-likeness (QED) is 0.848. The van der Waals surface area contributed by atoms with Gasteiger partial charge in [-0.15, -0.1) is 0 Å². The van der Waals surface area contributed by atoms with Crippen molar-refractivity contribution in [2.75, 3.05) is 0 Å². The summed E-state index contributed by atoms with van der Waals surface area (Å²) in [7, 11) is 0. The molecule has 90 valence electrons. The highest BCUT2D eigenvalue weighted by atomic mass is 16.1. The second-order valence-corrected chi connectivity index (χ2v) is 5.51. The Morgan fingerprint density at radius 2 is 2.00 bits per heavy atom. The van der Waals surface area contributed by atoms with Crippen LogP contribution in [0.25, 0.3) is 0 Å². The highest BCUT2D eigenvalue weighted by Crippen LogP contribution is 2.44. The van der Waals surface area contributed by atoms with Crippen LogP contribution >= 0.6 is 0 Å². The molecule has 2 fully saturated rings. The third-order valence-electron chi connectivity index (χ3n) is 4.29. The van der Waals surface area contributed by atoms with E-state index in [1.54, 1.807) is 0 Å². The molecule has 1 amide bonds. The molecule has 2 aliphatic rings. The van der Waals surface area contributed by atoms with Gasteiger partial charge in [0, 0.05) is 6.04 Å². The smallest absolute Gasteiger partial charge is 0.224 e. The van der Waals surface area contributed by atoms with Crippen molar-refractivity contribution >= 4 is 5.91 Å². The van der Waals surface area contributed by atoms with Gasteiger partial charge in [-0.3, -0.25) is 4.79 Å². The molecule has 3 atom stereocenters. The van der Waals surface area contributed by atoms with Gasteiger partial charge in [-0.05, 0) is 36.7 Å². The van der Waals surface area contributed by atoms with Crippen molar-refractivity contribution in [1.29, 1.82) is 0 Å². The van der Waals surface area contributed by atoms with Gasteiger partial charge >= 0.3 is 0 Å². The fraction of sp³-hybridized carbons (Fsp3) is 0.533. The second-order valence-electron chi connectivity index (χ2n) is 5.51. The van der Waals surface area contributed by atoms with Crippen LogP contribution in [0.15, 0.2) is 30.3 Å². The van der Waals surface area contributed by atoms with E-state index in [0.717, 1.165) is 17.4 Å². The SMILES string of the molecule is O=C(Cc1ccccc1)N[C@@H]1C[C@H]2CC[C@H]1C2. The molecule has 2 nitrogen and oxygen atoms in total. The van der Waals surface area contributed by atoms with Gasteiger partial charge in [0.1, 0.15) is 0 Å². The molecule has 1 N–H and O–H groups in total. The molecular weight excluding hydrogens is 210 g/mol. The third-order valence-corrected chi connectivity index (χ3v) is 4.29. The summed E-state index contributed by atoms with van der Waals surface area (Å²) < 4.78 is 0. The molecule has 3 rings (SSSR count). The molecular formula is C15H19NO. The van der Waals surface area contributed by atoms with Gasteiger partial charge in [0.15, 0.2) is 0 Å². The first-order valence-electron chi connectivity index (χ1n) is 6.64. The number of nitrogens with one attached hydrogen (secondary N) is 1. The summed E-state index contributed by atoms with van der Waals surface area (Å²) in [6.07, 6.45) is 5.78. The summed E-state index contributed by atoms with van der Waals surface area (Å²) >= 11 is 0. The van der Waals surface area contributed by atoms with Gasteiger partial charge in [0.05, 0.1) is 6.42 Å². The van der Waals surface area contributed by atoms with Crippen molar-refractivity contribution in [2.45, 2.75) is 38.1 Å². The average molecular weight is 229 g/mol. The summed E-state index contributed by atoms with van der Waals surface area (Å²) in [5, 5.41) is 3.22. The largest absolute Gasteiger partial charge is 0.353 e. The number of benzene rings is 1. The molecule has 0 saturated heterocycles. The van der Waals surface area contributed by atoms with Crippen LogP contribution < -0.4 is 5.32 Å². The molecule has 0 heterocycles. The molecule has 0 radical (unpaired) electrons. The highest BCUT2D eigenvalue weighted by Gasteiger charge is 2.39. The lowest BCUT2D eigenvalue weighted by atomic mass is 9.95. The average Bonchev–Trinajstić information content (AvgIpc) is 2.92. The minimum Gasteiger partial charge on any atom is -0.353 e. The van der Waals surface area contributed by atoms with Crippen molar-refractivity contribution in [3.63, 3.8) is 0 Å². The van der Waals surface area contributed by atoms with Gasteiger partial charge in [-0.25, -0.2) is 0 Å². The van der Waals surface area contributed by atoms with E-state index >= 15 is 0 Å². The molecule has 0 aromatic heterocycles. The molecule has 2 saturated carbocycles. The van der Waals surface area contributed by atoms with Crippen molar-refractivity contribution in [1.82, 2.24) is 5.32 Å². The van der Waals surface area contributed by atoms with Crippen molar-refractivity contribution in [3.05, 3.63) is 35.9 Å². The van der Waals surface area contributed by atoms with Gasteiger partial charge in [0.25, 0.3) is 0 Å². The van der Waals surface area contributed by atoms with Crippen LogP contribution in [0.4, 0.5) is 0 Å². The Morgan fingerprint density at radius 3 is 2.65 bits per heavy atom. The molecule has 1 aromatic carbocycles. The van der Waals surface area contributed by atoms with E-state index in [1.807, 2.05) is 30.3 Å². The van der Waals surface area contributed by atoms with Gasteiger partial charge < -0.3 is 5.32 Å². The summed E-state index contributed by atoms with van der Waals surface area (Å²) in [5.74, 6) is 1.84. The van der Waals surface area contributed by atoms with Crippen LogP contribution in [-0.2, 0) is 11.2 Å². The lowest BCUT2D eigenvalue weighted by Gasteiger charge is -2.22. The van der Waals surface area contributed by atoms with Crippen LogP contribution in [0.1, 0.15) is 31.2 Å². The molecule has 0 unspecified atom stereocenters. The lowest BCUT2D eigenvalue weighted by Crippen LogP contribution is -2.39. The van der Waals surface area contributed by atoms with E-state index in [4.69, 9.17) is 0 Å². The third kappa shape index (κ3) is 2.36. The zero-order chi connectivity index (χ0) is 11.7. The summed E-state index contributed by atoms with van der Waals surface area (Å²) in [6, 6.07) is 10.4. The van der Waals surface area contributed by atoms with E-state index in [1.165, 1.54) is 25.7 Å². The first kappa shape index (κ1) is 10.8. The summed E-state index contributed by atoms with van der Waals surface area (Å²) in [4.78, 5) is 11.9. The van der Waals surface area contributed by atoms with E-state index in [-0.39, 0.29) is 5.91 Å². The molecule has 17 heavy (non-hydrogen) atoms. The van der Waals surface area contributed by atoms with Gasteiger partial charge in [-0.1, -0.05) is 36.8 Å². The van der Waals surface area contributed by atoms with Crippen LogP contribution in [0.2, 0.25) is 0 Å². The Kier molecular flexibility index (Phi) is 2.87. The topological polar surface area (TPSA) is 29.1 Å². The maximum absolute atomic E-state index is 11.9. The van der Waals surface area contributed by atoms with Gasteiger partial charge in [-0.2, -0.15) is 0 Å². The predicted octanol–water partition coefficient (Wildman–Crippen LogP) is 2.53. The monoisotopic (exact) mass is 229 g/mol. The molecule has 0 aliphatic heterocycles. The van der Waals surface area contributed by atoms with Crippen LogP contribution in [0.3, 0.4) is 0 Å². The van der Waals surface area contributed by atoms with Gasteiger partial charge in [0.2, 0.25) is 5.91 Å². The number of carbonyl (C=O) groups is 1. The Morgan fingerprint density at radius 1 is 1.18 bits per heavy atom. The minimum atomic E-state index is 0.189.